The lowest BCUT2D eigenvalue weighted by molar-refractivity contribution is 0.206. The molecule has 1 saturated heterocycles. The van der Waals surface area contributed by atoms with E-state index in [9.17, 15) is 0 Å². The van der Waals surface area contributed by atoms with Crippen LogP contribution in [0.3, 0.4) is 0 Å². The Hall–Kier alpha value is -1.56. The summed E-state index contributed by atoms with van der Waals surface area (Å²) < 4.78 is 1.96. The third-order valence-electron chi connectivity index (χ3n) is 4.19. The highest BCUT2D eigenvalue weighted by Crippen LogP contribution is 2.10. The number of hydrogen-bond acceptors (Lipinski definition) is 3. The van der Waals surface area contributed by atoms with Crippen LogP contribution < -0.4 is 10.6 Å². The van der Waals surface area contributed by atoms with Gasteiger partial charge in [-0.3, -0.25) is 9.67 Å². The first-order valence-electron chi connectivity index (χ1n) is 9.06. The minimum absolute atomic E-state index is 0.548. The molecule has 1 fully saturated rings. The van der Waals surface area contributed by atoms with Gasteiger partial charge in [-0.15, -0.1) is 0 Å². The van der Waals surface area contributed by atoms with E-state index in [1.165, 1.54) is 38.9 Å². The molecule has 1 aliphatic heterocycles. The molecule has 1 aromatic heterocycles. The van der Waals surface area contributed by atoms with Gasteiger partial charge in [-0.25, -0.2) is 0 Å². The Morgan fingerprint density at radius 1 is 1.26 bits per heavy atom. The average Bonchev–Trinajstić information content (AvgIpc) is 3.07. The predicted molar refractivity (Wildman–Crippen MR) is 95.7 cm³/mol. The molecule has 6 heteroatoms. The van der Waals surface area contributed by atoms with E-state index in [2.05, 4.69) is 34.5 Å². The second-order valence-corrected chi connectivity index (χ2v) is 6.14. The third kappa shape index (κ3) is 6.60. The largest absolute Gasteiger partial charge is 0.357 e. The van der Waals surface area contributed by atoms with Crippen LogP contribution in [-0.2, 0) is 6.54 Å². The molecule has 0 radical (unpaired) electrons. The monoisotopic (exact) mass is 320 g/mol. The van der Waals surface area contributed by atoms with Crippen LogP contribution in [0.2, 0.25) is 0 Å². The Bertz CT molecular complexity index is 434. The molecule has 2 heterocycles. The maximum atomic E-state index is 4.70. The van der Waals surface area contributed by atoms with Crippen LogP contribution in [-0.4, -0.2) is 59.4 Å². The number of nitrogens with zero attached hydrogens (tertiary/aromatic N) is 4. The van der Waals surface area contributed by atoms with Gasteiger partial charge < -0.3 is 15.5 Å². The molecule has 1 aliphatic rings. The van der Waals surface area contributed by atoms with E-state index in [1.807, 2.05) is 23.1 Å². The van der Waals surface area contributed by atoms with Gasteiger partial charge in [0.1, 0.15) is 0 Å². The quantitative estimate of drug-likeness (QED) is 0.435. The molecule has 0 bridgehead atoms. The Morgan fingerprint density at radius 2 is 2.09 bits per heavy atom. The number of piperidine rings is 1. The van der Waals surface area contributed by atoms with Crippen LogP contribution in [0.4, 0.5) is 0 Å². The summed E-state index contributed by atoms with van der Waals surface area (Å²) in [4.78, 5) is 7.26. The van der Waals surface area contributed by atoms with Crippen LogP contribution in [0.25, 0.3) is 0 Å². The van der Waals surface area contributed by atoms with E-state index in [0.29, 0.717) is 6.04 Å². The molecule has 1 aromatic rings. The van der Waals surface area contributed by atoms with E-state index < -0.39 is 0 Å². The SMILES string of the molecule is CCCN1CCC(NC(=NCCCn2cccn2)NCC)CC1. The molecular formula is C17H32N6. The maximum absolute atomic E-state index is 4.70. The molecule has 0 unspecified atom stereocenters. The zero-order chi connectivity index (χ0) is 16.3. The fourth-order valence-electron chi connectivity index (χ4n) is 2.99. The number of aryl methyl sites for hydroxylation is 1. The molecule has 2 rings (SSSR count). The van der Waals surface area contributed by atoms with Crippen molar-refractivity contribution in [3.8, 4) is 0 Å². The summed E-state index contributed by atoms with van der Waals surface area (Å²) in [6.07, 6.45) is 8.48. The first-order chi connectivity index (χ1) is 11.3. The smallest absolute Gasteiger partial charge is 0.191 e. The number of likely N-dealkylation sites (tertiary alicyclic amines) is 1. The number of hydrogen-bond donors (Lipinski definition) is 2. The van der Waals surface area contributed by atoms with Crippen molar-refractivity contribution in [1.82, 2.24) is 25.3 Å². The van der Waals surface area contributed by atoms with Gasteiger partial charge in [-0.05, 0) is 45.2 Å². The average molecular weight is 320 g/mol. The minimum atomic E-state index is 0.548. The Kier molecular flexibility index (Phi) is 7.93. The molecule has 0 aliphatic carbocycles. The first-order valence-corrected chi connectivity index (χ1v) is 9.06. The van der Waals surface area contributed by atoms with Crippen LogP contribution in [0.1, 0.15) is 39.5 Å². The summed E-state index contributed by atoms with van der Waals surface area (Å²) in [6, 6.07) is 2.51. The highest BCUT2D eigenvalue weighted by molar-refractivity contribution is 5.80. The van der Waals surface area contributed by atoms with Gasteiger partial charge in [-0.1, -0.05) is 6.92 Å². The summed E-state index contributed by atoms with van der Waals surface area (Å²) in [7, 11) is 0. The highest BCUT2D eigenvalue weighted by atomic mass is 15.3. The molecular weight excluding hydrogens is 288 g/mol. The summed E-state index contributed by atoms with van der Waals surface area (Å²) in [5.41, 5.74) is 0. The predicted octanol–water partition coefficient (Wildman–Crippen LogP) is 1.70. The number of guanidine groups is 1. The van der Waals surface area contributed by atoms with Crippen LogP contribution in [0, 0.1) is 0 Å². The molecule has 6 nitrogen and oxygen atoms in total. The molecule has 2 N–H and O–H groups in total. The maximum Gasteiger partial charge on any atom is 0.191 e. The number of nitrogens with one attached hydrogen (secondary N) is 2. The lowest BCUT2D eigenvalue weighted by atomic mass is 10.1. The van der Waals surface area contributed by atoms with Crippen LogP contribution >= 0.6 is 0 Å². The molecule has 0 spiro atoms. The molecule has 0 atom stereocenters. The number of rotatable bonds is 8. The standard InChI is InChI=1S/C17H32N6/c1-3-11-22-14-7-16(8-15-22)21-17(18-4-2)19-9-5-12-23-13-6-10-20-23/h6,10,13,16H,3-5,7-9,11-12,14-15H2,1-2H3,(H2,18,19,21). The Morgan fingerprint density at radius 3 is 2.74 bits per heavy atom. The summed E-state index contributed by atoms with van der Waals surface area (Å²) in [6.45, 7) is 10.6. The van der Waals surface area contributed by atoms with Crippen molar-refractivity contribution in [2.75, 3.05) is 32.7 Å². The fourth-order valence-corrected chi connectivity index (χ4v) is 2.99. The van der Waals surface area contributed by atoms with E-state index in [1.54, 1.807) is 0 Å². The summed E-state index contributed by atoms with van der Waals surface area (Å²) >= 11 is 0. The molecule has 0 amide bonds. The molecule has 23 heavy (non-hydrogen) atoms. The van der Waals surface area contributed by atoms with Gasteiger partial charge >= 0.3 is 0 Å². The van der Waals surface area contributed by atoms with E-state index in [4.69, 9.17) is 4.99 Å². The number of aliphatic imine (C=N–C) groups is 1. The summed E-state index contributed by atoms with van der Waals surface area (Å²) in [5.74, 6) is 0.960. The van der Waals surface area contributed by atoms with Crippen molar-refractivity contribution in [3.05, 3.63) is 18.5 Å². The van der Waals surface area contributed by atoms with Crippen molar-refractivity contribution in [3.63, 3.8) is 0 Å². The minimum Gasteiger partial charge on any atom is -0.357 e. The topological polar surface area (TPSA) is 57.5 Å². The Labute approximate surface area is 140 Å². The summed E-state index contributed by atoms with van der Waals surface area (Å²) in [5, 5.41) is 11.2. The zero-order valence-corrected chi connectivity index (χ0v) is 14.7. The Balaban J connectivity index is 1.71. The highest BCUT2D eigenvalue weighted by Gasteiger charge is 2.19. The number of aromatic nitrogens is 2. The van der Waals surface area contributed by atoms with Gasteiger partial charge in [0.2, 0.25) is 0 Å². The molecule has 0 aromatic carbocycles. The van der Waals surface area contributed by atoms with E-state index >= 15 is 0 Å². The normalized spacial score (nSPS) is 17.4. The fraction of sp³-hybridized carbons (Fsp3) is 0.765. The van der Waals surface area contributed by atoms with Gasteiger partial charge in [0.25, 0.3) is 0 Å². The molecule has 0 saturated carbocycles. The lowest BCUT2D eigenvalue weighted by Crippen LogP contribution is -2.48. The van der Waals surface area contributed by atoms with Gasteiger partial charge in [0.15, 0.2) is 5.96 Å². The van der Waals surface area contributed by atoms with E-state index in [-0.39, 0.29) is 0 Å². The van der Waals surface area contributed by atoms with Gasteiger partial charge in [0.05, 0.1) is 0 Å². The van der Waals surface area contributed by atoms with Crippen molar-refractivity contribution in [2.45, 2.75) is 52.1 Å². The second-order valence-electron chi connectivity index (χ2n) is 6.14. The van der Waals surface area contributed by atoms with Gasteiger partial charge in [0, 0.05) is 51.2 Å². The van der Waals surface area contributed by atoms with Gasteiger partial charge in [-0.2, -0.15) is 5.10 Å². The van der Waals surface area contributed by atoms with E-state index in [0.717, 1.165) is 32.0 Å². The van der Waals surface area contributed by atoms with Crippen LogP contribution in [0.5, 0.6) is 0 Å². The zero-order valence-electron chi connectivity index (χ0n) is 14.7. The lowest BCUT2D eigenvalue weighted by Gasteiger charge is -2.32. The second kappa shape index (κ2) is 10.3. The third-order valence-corrected chi connectivity index (χ3v) is 4.19. The first kappa shape index (κ1) is 17.8. The van der Waals surface area contributed by atoms with Crippen LogP contribution in [0.15, 0.2) is 23.5 Å². The molecule has 130 valence electrons. The van der Waals surface area contributed by atoms with Crippen molar-refractivity contribution < 1.29 is 0 Å². The van der Waals surface area contributed by atoms with Crippen molar-refractivity contribution in [2.24, 2.45) is 4.99 Å². The van der Waals surface area contributed by atoms with Crippen molar-refractivity contribution >= 4 is 5.96 Å². The van der Waals surface area contributed by atoms with Crippen molar-refractivity contribution in [1.29, 1.82) is 0 Å².